The highest BCUT2D eigenvalue weighted by Gasteiger charge is 2.38. The number of carbonyl (C=O) groups excluding carboxylic acids is 2. The highest BCUT2D eigenvalue weighted by atomic mass is 32.2. The number of rotatable bonds is 3. The zero-order valence-electron chi connectivity index (χ0n) is 15.5. The van der Waals surface area contributed by atoms with Crippen LogP contribution in [0.5, 0.6) is 0 Å². The molecule has 0 bridgehead atoms. The predicted octanol–water partition coefficient (Wildman–Crippen LogP) is 0.752. The van der Waals surface area contributed by atoms with Crippen molar-refractivity contribution < 1.29 is 22.7 Å². The summed E-state index contributed by atoms with van der Waals surface area (Å²) in [5, 5.41) is 5.52. The van der Waals surface area contributed by atoms with Gasteiger partial charge in [0.05, 0.1) is 30.7 Å². The third kappa shape index (κ3) is 3.95. The Bertz CT molecular complexity index is 899. The van der Waals surface area contributed by atoms with Crippen LogP contribution < -0.4 is 0 Å². The van der Waals surface area contributed by atoms with Crippen LogP contribution in [0.4, 0.5) is 0 Å². The second-order valence-corrected chi connectivity index (χ2v) is 9.59. The lowest BCUT2D eigenvalue weighted by atomic mass is 10.1. The van der Waals surface area contributed by atoms with Crippen LogP contribution in [0.1, 0.15) is 30.9 Å². The maximum Gasteiger partial charge on any atom is 0.270 e. The maximum atomic E-state index is 13.0. The Hall–Kier alpha value is -2.26. The molecule has 1 aromatic carbocycles. The fourth-order valence-electron chi connectivity index (χ4n) is 3.86. The van der Waals surface area contributed by atoms with Gasteiger partial charge >= 0.3 is 0 Å². The Morgan fingerprint density at radius 2 is 1.96 bits per heavy atom. The Labute approximate surface area is 164 Å². The van der Waals surface area contributed by atoms with Crippen molar-refractivity contribution in [3.05, 3.63) is 35.9 Å². The van der Waals surface area contributed by atoms with Crippen LogP contribution in [0.15, 0.2) is 35.4 Å². The number of hydrogen-bond acceptors (Lipinski definition) is 6. The molecule has 9 heteroatoms. The molecule has 2 saturated heterocycles. The average Bonchev–Trinajstić information content (AvgIpc) is 3.08. The Morgan fingerprint density at radius 3 is 2.68 bits per heavy atom. The molecular formula is C19H23N3O5S. The van der Waals surface area contributed by atoms with Gasteiger partial charge in [0, 0.05) is 19.4 Å². The van der Waals surface area contributed by atoms with Crippen LogP contribution in [0.25, 0.3) is 0 Å². The monoisotopic (exact) mass is 405 g/mol. The Morgan fingerprint density at radius 1 is 1.18 bits per heavy atom. The van der Waals surface area contributed by atoms with Crippen LogP contribution in [0.3, 0.4) is 0 Å². The van der Waals surface area contributed by atoms with Crippen molar-refractivity contribution in [1.29, 1.82) is 0 Å². The molecular weight excluding hydrogens is 382 g/mol. The van der Waals surface area contributed by atoms with E-state index in [4.69, 9.17) is 4.74 Å². The molecule has 0 saturated carbocycles. The Balaban J connectivity index is 1.49. The van der Waals surface area contributed by atoms with E-state index in [0.29, 0.717) is 31.8 Å². The van der Waals surface area contributed by atoms with Crippen LogP contribution in [-0.4, -0.2) is 73.1 Å². The molecule has 2 atom stereocenters. The molecule has 4 rings (SSSR count). The number of morpholine rings is 1. The fraction of sp³-hybridized carbons (Fsp3) is 0.526. The summed E-state index contributed by atoms with van der Waals surface area (Å²) in [7, 11) is -3.14. The predicted molar refractivity (Wildman–Crippen MR) is 102 cm³/mol. The fourth-order valence-corrected chi connectivity index (χ4v) is 5.56. The van der Waals surface area contributed by atoms with Crippen molar-refractivity contribution in [3.63, 3.8) is 0 Å². The van der Waals surface area contributed by atoms with E-state index in [1.807, 2.05) is 30.3 Å². The van der Waals surface area contributed by atoms with E-state index < -0.39 is 15.9 Å². The van der Waals surface area contributed by atoms with Crippen LogP contribution in [0, 0.1) is 0 Å². The van der Waals surface area contributed by atoms with Gasteiger partial charge in [-0.05, 0) is 12.0 Å². The van der Waals surface area contributed by atoms with Gasteiger partial charge in [-0.3, -0.25) is 9.59 Å². The summed E-state index contributed by atoms with van der Waals surface area (Å²) in [5.41, 5.74) is 1.33. The molecule has 0 aliphatic carbocycles. The zero-order chi connectivity index (χ0) is 19.7. The van der Waals surface area contributed by atoms with Crippen molar-refractivity contribution in [1.82, 2.24) is 9.91 Å². The van der Waals surface area contributed by atoms with E-state index in [9.17, 15) is 18.0 Å². The summed E-state index contributed by atoms with van der Waals surface area (Å²) in [6, 6.07) is 9.27. The van der Waals surface area contributed by atoms with Crippen LogP contribution in [-0.2, 0) is 24.2 Å². The minimum atomic E-state index is -3.14. The van der Waals surface area contributed by atoms with Gasteiger partial charge in [0.15, 0.2) is 9.84 Å². The topological polar surface area (TPSA) is 96.3 Å². The Kier molecular flexibility index (Phi) is 5.20. The number of ether oxygens (including phenoxy) is 1. The first kappa shape index (κ1) is 19.1. The normalized spacial score (nSPS) is 27.6. The summed E-state index contributed by atoms with van der Waals surface area (Å²) in [6.45, 7) is 1.32. The van der Waals surface area contributed by atoms with Crippen molar-refractivity contribution in [3.8, 4) is 0 Å². The summed E-state index contributed by atoms with van der Waals surface area (Å²) < 4.78 is 29.3. The molecule has 0 aromatic heterocycles. The number of nitrogens with zero attached hydrogens (tertiary/aromatic N) is 3. The van der Waals surface area contributed by atoms with Gasteiger partial charge in [-0.2, -0.15) is 5.10 Å². The van der Waals surface area contributed by atoms with Gasteiger partial charge < -0.3 is 9.64 Å². The third-order valence-electron chi connectivity index (χ3n) is 5.39. The summed E-state index contributed by atoms with van der Waals surface area (Å²) >= 11 is 0. The quantitative estimate of drug-likeness (QED) is 0.739. The molecule has 150 valence electrons. The van der Waals surface area contributed by atoms with Crippen molar-refractivity contribution in [2.45, 2.75) is 31.4 Å². The van der Waals surface area contributed by atoms with E-state index >= 15 is 0 Å². The molecule has 2 amide bonds. The number of sulfone groups is 1. The number of benzene rings is 1. The van der Waals surface area contributed by atoms with Gasteiger partial charge in [0.1, 0.15) is 11.8 Å². The smallest absolute Gasteiger partial charge is 0.270 e. The molecule has 0 N–H and O–H groups in total. The number of hydrazone groups is 1. The number of amides is 2. The van der Waals surface area contributed by atoms with E-state index in [1.165, 1.54) is 5.01 Å². The third-order valence-corrected chi connectivity index (χ3v) is 7.14. The van der Waals surface area contributed by atoms with Crippen molar-refractivity contribution >= 4 is 27.4 Å². The van der Waals surface area contributed by atoms with Crippen molar-refractivity contribution in [2.75, 3.05) is 31.2 Å². The second kappa shape index (κ2) is 7.63. The molecule has 3 heterocycles. The summed E-state index contributed by atoms with van der Waals surface area (Å²) in [4.78, 5) is 27.0. The lowest BCUT2D eigenvalue weighted by Crippen LogP contribution is -2.48. The average molecular weight is 405 g/mol. The standard InChI is InChI=1S/C19H23N3O5S/c23-18-7-6-16(20-22(18)15-8-11-28(25,26)13-15)19(24)21-9-10-27-17(12-21)14-4-2-1-3-5-14/h1-5,15,17H,6-13H2. The molecule has 0 radical (unpaired) electrons. The number of carbonyl (C=O) groups is 2. The van der Waals surface area contributed by atoms with E-state index in [0.717, 1.165) is 5.56 Å². The lowest BCUT2D eigenvalue weighted by molar-refractivity contribution is -0.135. The summed E-state index contributed by atoms with van der Waals surface area (Å²) in [5.74, 6) is -0.454. The summed E-state index contributed by atoms with van der Waals surface area (Å²) in [6.07, 6.45) is 0.627. The SMILES string of the molecule is O=C(C1=NN(C2CCS(=O)(=O)C2)C(=O)CC1)N1CCOC(c2ccccc2)C1. The highest BCUT2D eigenvalue weighted by molar-refractivity contribution is 7.91. The molecule has 8 nitrogen and oxygen atoms in total. The molecule has 2 unspecified atom stereocenters. The maximum absolute atomic E-state index is 13.0. The molecule has 1 aromatic rings. The van der Waals surface area contributed by atoms with Crippen LogP contribution >= 0.6 is 0 Å². The van der Waals surface area contributed by atoms with Gasteiger partial charge in [0.2, 0.25) is 5.91 Å². The first-order valence-corrected chi connectivity index (χ1v) is 11.3. The minimum Gasteiger partial charge on any atom is -0.370 e. The van der Waals surface area contributed by atoms with Crippen molar-refractivity contribution in [2.24, 2.45) is 5.10 Å². The molecule has 2 fully saturated rings. The van der Waals surface area contributed by atoms with Crippen LogP contribution in [0.2, 0.25) is 0 Å². The molecule has 0 spiro atoms. The lowest BCUT2D eigenvalue weighted by Gasteiger charge is -2.35. The van der Waals surface area contributed by atoms with E-state index in [-0.39, 0.29) is 42.3 Å². The number of hydrogen-bond donors (Lipinski definition) is 0. The molecule has 28 heavy (non-hydrogen) atoms. The van der Waals surface area contributed by atoms with Gasteiger partial charge in [-0.15, -0.1) is 0 Å². The highest BCUT2D eigenvalue weighted by Crippen LogP contribution is 2.25. The van der Waals surface area contributed by atoms with E-state index in [1.54, 1.807) is 4.90 Å². The largest absolute Gasteiger partial charge is 0.370 e. The molecule has 3 aliphatic heterocycles. The van der Waals surface area contributed by atoms with E-state index in [2.05, 4.69) is 5.10 Å². The zero-order valence-corrected chi connectivity index (χ0v) is 16.3. The van der Waals surface area contributed by atoms with Gasteiger partial charge in [-0.25, -0.2) is 13.4 Å². The van der Waals surface area contributed by atoms with Gasteiger partial charge in [0.25, 0.3) is 5.91 Å². The molecule has 3 aliphatic rings. The first-order chi connectivity index (χ1) is 13.4. The van der Waals surface area contributed by atoms with Gasteiger partial charge in [-0.1, -0.05) is 30.3 Å². The first-order valence-electron chi connectivity index (χ1n) is 9.49. The minimum absolute atomic E-state index is 0.0580. The second-order valence-electron chi connectivity index (χ2n) is 7.36.